The van der Waals surface area contributed by atoms with Crippen LogP contribution in [0.4, 0.5) is 0 Å². The molecule has 0 saturated heterocycles. The molecular formula is C12H15N3O3. The summed E-state index contributed by atoms with van der Waals surface area (Å²) in [6.07, 6.45) is -2.22. The number of aliphatic hydroxyl groups excluding tert-OH is 3. The number of nitrogens with zero attached hydrogens (tertiary/aromatic N) is 3. The first-order chi connectivity index (χ1) is 8.59. The van der Waals surface area contributed by atoms with Crippen molar-refractivity contribution in [3.63, 3.8) is 0 Å². The van der Waals surface area contributed by atoms with E-state index >= 15 is 0 Å². The highest BCUT2D eigenvalue weighted by Crippen LogP contribution is 2.17. The number of para-hydroxylation sites is 1. The van der Waals surface area contributed by atoms with Gasteiger partial charge in [-0.15, -0.1) is 0 Å². The highest BCUT2D eigenvalue weighted by atomic mass is 16.4. The fourth-order valence-corrected chi connectivity index (χ4v) is 1.53. The fraction of sp³-hybridized carbons (Fsp3) is 0.333. The molecule has 0 saturated carbocycles. The Morgan fingerprint density at radius 1 is 1.11 bits per heavy atom. The molecule has 0 spiro atoms. The van der Waals surface area contributed by atoms with Gasteiger partial charge in [0.1, 0.15) is 17.9 Å². The molecule has 6 nitrogen and oxygen atoms in total. The molecule has 2 rings (SSSR count). The maximum absolute atomic E-state index is 9.79. The van der Waals surface area contributed by atoms with E-state index in [0.29, 0.717) is 0 Å². The van der Waals surface area contributed by atoms with Crippen molar-refractivity contribution in [2.75, 3.05) is 0 Å². The molecule has 2 aromatic rings. The summed E-state index contributed by atoms with van der Waals surface area (Å²) in [4.78, 5) is 1.35. The average molecular weight is 249 g/mol. The number of rotatable bonds is 4. The molecule has 96 valence electrons. The molecule has 0 fully saturated rings. The lowest BCUT2D eigenvalue weighted by molar-refractivity contribution is -0.0549. The third-order valence-corrected chi connectivity index (χ3v) is 2.62. The molecule has 6 heteroatoms. The molecule has 3 N–H and O–H groups in total. The van der Waals surface area contributed by atoms with E-state index in [0.717, 1.165) is 5.69 Å². The second-order valence-corrected chi connectivity index (χ2v) is 4.07. The van der Waals surface area contributed by atoms with Gasteiger partial charge in [0.2, 0.25) is 0 Å². The summed E-state index contributed by atoms with van der Waals surface area (Å²) in [5, 5.41) is 36.6. The van der Waals surface area contributed by atoms with Gasteiger partial charge in [0.05, 0.1) is 18.0 Å². The van der Waals surface area contributed by atoms with Crippen LogP contribution < -0.4 is 0 Å². The van der Waals surface area contributed by atoms with Gasteiger partial charge in [0.15, 0.2) is 0 Å². The lowest BCUT2D eigenvalue weighted by atomic mass is 10.1. The highest BCUT2D eigenvalue weighted by Gasteiger charge is 2.25. The molecule has 3 atom stereocenters. The summed E-state index contributed by atoms with van der Waals surface area (Å²) < 4.78 is 0. The topological polar surface area (TPSA) is 91.4 Å². The van der Waals surface area contributed by atoms with Crippen LogP contribution >= 0.6 is 0 Å². The van der Waals surface area contributed by atoms with Gasteiger partial charge >= 0.3 is 0 Å². The predicted molar refractivity (Wildman–Crippen MR) is 64.0 cm³/mol. The summed E-state index contributed by atoms with van der Waals surface area (Å²) in [6.45, 7) is 1.40. The van der Waals surface area contributed by atoms with E-state index in [2.05, 4.69) is 10.2 Å². The number of aromatic nitrogens is 3. The smallest absolute Gasteiger partial charge is 0.128 e. The van der Waals surface area contributed by atoms with E-state index in [-0.39, 0.29) is 5.69 Å². The number of benzene rings is 1. The Morgan fingerprint density at radius 3 is 2.39 bits per heavy atom. The molecule has 1 aromatic carbocycles. The van der Waals surface area contributed by atoms with Crippen LogP contribution in [0.15, 0.2) is 36.5 Å². The Bertz CT molecular complexity index is 498. The van der Waals surface area contributed by atoms with E-state index in [9.17, 15) is 15.3 Å². The van der Waals surface area contributed by atoms with Crippen molar-refractivity contribution in [3.05, 3.63) is 42.2 Å². The van der Waals surface area contributed by atoms with E-state index in [1.807, 2.05) is 30.3 Å². The maximum Gasteiger partial charge on any atom is 0.128 e. The molecule has 1 aromatic heterocycles. The van der Waals surface area contributed by atoms with Gasteiger partial charge < -0.3 is 15.3 Å². The standard InChI is InChI=1S/C12H15N3O3/c1-8(16)11(17)12(18)10-7-13-15(14-10)9-5-3-2-4-6-9/h2-8,11-12,16-18H,1H3. The lowest BCUT2D eigenvalue weighted by Gasteiger charge is -2.17. The largest absolute Gasteiger partial charge is 0.391 e. The molecule has 0 aliphatic heterocycles. The molecule has 3 unspecified atom stereocenters. The number of aliphatic hydroxyl groups is 3. The van der Waals surface area contributed by atoms with E-state index in [4.69, 9.17) is 0 Å². The molecule has 0 radical (unpaired) electrons. The van der Waals surface area contributed by atoms with E-state index in [1.165, 1.54) is 17.9 Å². The Morgan fingerprint density at radius 2 is 1.78 bits per heavy atom. The summed E-state index contributed by atoms with van der Waals surface area (Å²) in [5.74, 6) is 0. The quantitative estimate of drug-likeness (QED) is 0.711. The summed E-state index contributed by atoms with van der Waals surface area (Å²) in [5.41, 5.74) is 0.967. The van der Waals surface area contributed by atoms with Crippen molar-refractivity contribution < 1.29 is 15.3 Å². The Hall–Kier alpha value is -1.76. The predicted octanol–water partition coefficient (Wildman–Crippen LogP) is 0.0424. The monoisotopic (exact) mass is 249 g/mol. The molecule has 0 amide bonds. The van der Waals surface area contributed by atoms with Crippen LogP contribution in [0.25, 0.3) is 5.69 Å². The molecule has 1 heterocycles. The van der Waals surface area contributed by atoms with Crippen LogP contribution in [-0.2, 0) is 0 Å². The van der Waals surface area contributed by atoms with Crippen molar-refractivity contribution in [3.8, 4) is 5.69 Å². The minimum absolute atomic E-state index is 0.215. The second-order valence-electron chi connectivity index (χ2n) is 4.07. The van der Waals surface area contributed by atoms with Crippen LogP contribution in [0.3, 0.4) is 0 Å². The number of hydrogen-bond acceptors (Lipinski definition) is 5. The van der Waals surface area contributed by atoms with Gasteiger partial charge in [-0.25, -0.2) is 0 Å². The first-order valence-corrected chi connectivity index (χ1v) is 5.61. The Labute approximate surface area is 104 Å². The second kappa shape index (κ2) is 5.26. The summed E-state index contributed by atoms with van der Waals surface area (Å²) in [6, 6.07) is 9.21. The number of hydrogen-bond donors (Lipinski definition) is 3. The molecule has 0 bridgehead atoms. The first kappa shape index (κ1) is 12.7. The van der Waals surface area contributed by atoms with Crippen LogP contribution in [0, 0.1) is 0 Å². The van der Waals surface area contributed by atoms with Gasteiger partial charge in [-0.2, -0.15) is 15.0 Å². The van der Waals surface area contributed by atoms with Crippen molar-refractivity contribution in [1.29, 1.82) is 0 Å². The minimum Gasteiger partial charge on any atom is -0.391 e. The van der Waals surface area contributed by atoms with Gasteiger partial charge in [-0.3, -0.25) is 0 Å². The van der Waals surface area contributed by atoms with Crippen LogP contribution in [0.5, 0.6) is 0 Å². The van der Waals surface area contributed by atoms with Crippen LogP contribution in [0.1, 0.15) is 18.7 Å². The molecule has 18 heavy (non-hydrogen) atoms. The van der Waals surface area contributed by atoms with Gasteiger partial charge in [-0.05, 0) is 19.1 Å². The zero-order valence-electron chi connectivity index (χ0n) is 9.88. The normalized spacial score (nSPS) is 16.2. The first-order valence-electron chi connectivity index (χ1n) is 5.61. The van der Waals surface area contributed by atoms with Gasteiger partial charge in [0.25, 0.3) is 0 Å². The third kappa shape index (κ3) is 2.56. The van der Waals surface area contributed by atoms with Crippen molar-refractivity contribution >= 4 is 0 Å². The summed E-state index contributed by atoms with van der Waals surface area (Å²) >= 11 is 0. The van der Waals surface area contributed by atoms with Gasteiger partial charge in [-0.1, -0.05) is 18.2 Å². The van der Waals surface area contributed by atoms with E-state index < -0.39 is 18.3 Å². The lowest BCUT2D eigenvalue weighted by Crippen LogP contribution is -2.30. The van der Waals surface area contributed by atoms with Crippen LogP contribution in [-0.4, -0.2) is 42.5 Å². The molecule has 0 aliphatic rings. The average Bonchev–Trinajstić information content (AvgIpc) is 2.87. The van der Waals surface area contributed by atoms with Crippen molar-refractivity contribution in [2.24, 2.45) is 0 Å². The summed E-state index contributed by atoms with van der Waals surface area (Å²) in [7, 11) is 0. The minimum atomic E-state index is -1.29. The zero-order valence-corrected chi connectivity index (χ0v) is 9.88. The van der Waals surface area contributed by atoms with Crippen molar-refractivity contribution in [2.45, 2.75) is 25.2 Å². The SMILES string of the molecule is CC(O)C(O)C(O)c1cnn(-c2ccccc2)n1. The van der Waals surface area contributed by atoms with Gasteiger partial charge in [0, 0.05) is 0 Å². The van der Waals surface area contributed by atoms with Crippen LogP contribution in [0.2, 0.25) is 0 Å². The third-order valence-electron chi connectivity index (χ3n) is 2.62. The molecule has 0 aliphatic carbocycles. The Kier molecular flexibility index (Phi) is 3.71. The highest BCUT2D eigenvalue weighted by molar-refractivity contribution is 5.28. The molecular weight excluding hydrogens is 234 g/mol. The van der Waals surface area contributed by atoms with E-state index in [1.54, 1.807) is 0 Å². The fourth-order valence-electron chi connectivity index (χ4n) is 1.53. The maximum atomic E-state index is 9.79. The zero-order chi connectivity index (χ0) is 13.1. The Balaban J connectivity index is 2.21. The van der Waals surface area contributed by atoms with Crippen molar-refractivity contribution in [1.82, 2.24) is 15.0 Å².